The maximum atomic E-state index is 12.2. The van der Waals surface area contributed by atoms with Crippen molar-refractivity contribution in [3.63, 3.8) is 0 Å². The van der Waals surface area contributed by atoms with Gasteiger partial charge in [-0.1, -0.05) is 0 Å². The van der Waals surface area contributed by atoms with Gasteiger partial charge < -0.3 is 10.1 Å². The summed E-state index contributed by atoms with van der Waals surface area (Å²) >= 11 is 3.18. The lowest BCUT2D eigenvalue weighted by Crippen LogP contribution is -2.40. The number of aryl methyl sites for hydroxylation is 1. The Morgan fingerprint density at radius 3 is 2.76 bits per heavy atom. The fourth-order valence-electron chi connectivity index (χ4n) is 2.17. The van der Waals surface area contributed by atoms with Crippen molar-refractivity contribution in [1.29, 1.82) is 0 Å². The minimum Gasteiger partial charge on any atom is -0.379 e. The third-order valence-electron chi connectivity index (χ3n) is 3.24. The molecule has 21 heavy (non-hydrogen) atoms. The number of hydrogen-bond acceptors (Lipinski definition) is 4. The van der Waals surface area contributed by atoms with Gasteiger partial charge in [-0.05, 0) is 53.4 Å². The van der Waals surface area contributed by atoms with Gasteiger partial charge in [0, 0.05) is 27.3 Å². The van der Waals surface area contributed by atoms with Crippen molar-refractivity contribution in [2.24, 2.45) is 0 Å². The molecule has 1 N–H and O–H groups in total. The molecule has 1 aliphatic rings. The normalized spacial score (nSPS) is 19.3. The van der Waals surface area contributed by atoms with Crippen LogP contribution < -0.4 is 5.32 Å². The molecule has 0 aromatic heterocycles. The molecule has 0 aliphatic carbocycles. The quantitative estimate of drug-likeness (QED) is 0.797. The molecule has 2 rings (SSSR count). The van der Waals surface area contributed by atoms with Crippen molar-refractivity contribution in [2.45, 2.75) is 30.7 Å². The molecular formula is C13H15BrClNO4S. The molecule has 0 saturated carbocycles. The second kappa shape index (κ2) is 6.64. The Balaban J connectivity index is 2.27. The van der Waals surface area contributed by atoms with Crippen LogP contribution in [0.25, 0.3) is 0 Å². The smallest absolute Gasteiger partial charge is 0.262 e. The fraction of sp³-hybridized carbons (Fsp3) is 0.462. The summed E-state index contributed by atoms with van der Waals surface area (Å²) in [6.45, 7) is 2.89. The molecule has 1 heterocycles. The number of hydrogen-bond donors (Lipinski definition) is 1. The maximum absolute atomic E-state index is 12.2. The number of amides is 1. The highest BCUT2D eigenvalue weighted by molar-refractivity contribution is 9.10. The van der Waals surface area contributed by atoms with Crippen LogP contribution in [0.4, 0.5) is 0 Å². The molecule has 1 fully saturated rings. The third kappa shape index (κ3) is 4.18. The van der Waals surface area contributed by atoms with Gasteiger partial charge in [0.1, 0.15) is 0 Å². The lowest BCUT2D eigenvalue weighted by atomic mass is 10.1. The first-order chi connectivity index (χ1) is 9.79. The van der Waals surface area contributed by atoms with E-state index in [1.165, 1.54) is 6.07 Å². The molecule has 1 aromatic carbocycles. The number of nitrogens with one attached hydrogen (secondary N) is 1. The number of rotatable bonds is 3. The van der Waals surface area contributed by atoms with Gasteiger partial charge in [-0.15, -0.1) is 0 Å². The third-order valence-corrected chi connectivity index (χ3v) is 5.90. The van der Waals surface area contributed by atoms with Crippen molar-refractivity contribution < 1.29 is 17.9 Å². The van der Waals surface area contributed by atoms with E-state index in [9.17, 15) is 13.2 Å². The van der Waals surface area contributed by atoms with Crippen LogP contribution in [-0.2, 0) is 13.8 Å². The van der Waals surface area contributed by atoms with E-state index in [2.05, 4.69) is 21.2 Å². The molecule has 8 heteroatoms. The molecule has 1 aliphatic heterocycles. The monoisotopic (exact) mass is 395 g/mol. The van der Waals surface area contributed by atoms with Crippen molar-refractivity contribution in [2.75, 3.05) is 13.2 Å². The minimum atomic E-state index is -3.92. The lowest BCUT2D eigenvalue weighted by Gasteiger charge is -2.23. The SMILES string of the molecule is Cc1cc(C(=O)NC2CCCOC2)cc(S(=O)(=O)Cl)c1Br. The van der Waals surface area contributed by atoms with E-state index in [1.807, 2.05) is 0 Å². The molecule has 0 bridgehead atoms. The van der Waals surface area contributed by atoms with E-state index in [0.29, 0.717) is 23.2 Å². The van der Waals surface area contributed by atoms with Crippen molar-refractivity contribution in [3.8, 4) is 0 Å². The fourth-order valence-corrected chi connectivity index (χ4v) is 4.32. The highest BCUT2D eigenvalue weighted by Crippen LogP contribution is 2.29. The molecule has 0 spiro atoms. The summed E-state index contributed by atoms with van der Waals surface area (Å²) in [5, 5.41) is 2.84. The minimum absolute atomic E-state index is 0.0498. The molecule has 1 saturated heterocycles. The van der Waals surface area contributed by atoms with E-state index in [1.54, 1.807) is 13.0 Å². The van der Waals surface area contributed by atoms with Crippen molar-refractivity contribution in [1.82, 2.24) is 5.32 Å². The average molecular weight is 397 g/mol. The van der Waals surface area contributed by atoms with E-state index in [0.717, 1.165) is 12.8 Å². The maximum Gasteiger partial charge on any atom is 0.262 e. The van der Waals surface area contributed by atoms with E-state index >= 15 is 0 Å². The lowest BCUT2D eigenvalue weighted by molar-refractivity contribution is 0.0624. The predicted octanol–water partition coefficient (Wildman–Crippen LogP) is 2.59. The summed E-state index contributed by atoms with van der Waals surface area (Å²) in [6.07, 6.45) is 1.74. The zero-order valence-electron chi connectivity index (χ0n) is 11.4. The predicted molar refractivity (Wildman–Crippen MR) is 83.2 cm³/mol. The number of carbonyl (C=O) groups excluding carboxylic acids is 1. The van der Waals surface area contributed by atoms with Crippen LogP contribution in [0.2, 0.25) is 0 Å². The van der Waals surface area contributed by atoms with Crippen molar-refractivity contribution in [3.05, 3.63) is 27.7 Å². The first-order valence-corrected chi connectivity index (χ1v) is 9.52. The number of ether oxygens (including phenoxy) is 1. The van der Waals surface area contributed by atoms with Gasteiger partial charge in [-0.25, -0.2) is 8.42 Å². The second-order valence-electron chi connectivity index (χ2n) is 4.93. The molecule has 5 nitrogen and oxygen atoms in total. The molecule has 1 aromatic rings. The molecule has 0 radical (unpaired) electrons. The Hall–Kier alpha value is -0.630. The van der Waals surface area contributed by atoms with Gasteiger partial charge in [0.2, 0.25) is 0 Å². The second-order valence-corrected chi connectivity index (χ2v) is 8.26. The zero-order valence-corrected chi connectivity index (χ0v) is 14.5. The van der Waals surface area contributed by atoms with Gasteiger partial charge >= 0.3 is 0 Å². The highest BCUT2D eigenvalue weighted by Gasteiger charge is 2.22. The topological polar surface area (TPSA) is 72.5 Å². The van der Waals surface area contributed by atoms with Gasteiger partial charge in [0.15, 0.2) is 0 Å². The summed E-state index contributed by atoms with van der Waals surface area (Å²) in [6, 6.07) is 2.85. The van der Waals surface area contributed by atoms with E-state index in [4.69, 9.17) is 15.4 Å². The largest absolute Gasteiger partial charge is 0.379 e. The Kier molecular flexibility index (Phi) is 5.29. The summed E-state index contributed by atoms with van der Waals surface area (Å²) in [5.74, 6) is -0.331. The molecule has 1 amide bonds. The Morgan fingerprint density at radius 1 is 1.48 bits per heavy atom. The van der Waals surface area contributed by atoms with Crippen LogP contribution in [0.15, 0.2) is 21.5 Å². The highest BCUT2D eigenvalue weighted by atomic mass is 79.9. The van der Waals surface area contributed by atoms with E-state index in [-0.39, 0.29) is 22.4 Å². The van der Waals surface area contributed by atoms with Gasteiger partial charge in [-0.3, -0.25) is 4.79 Å². The molecule has 1 unspecified atom stereocenters. The number of halogens is 2. The first-order valence-electron chi connectivity index (χ1n) is 6.42. The van der Waals surface area contributed by atoms with Gasteiger partial charge in [-0.2, -0.15) is 0 Å². The standard InChI is InChI=1S/C13H15BrClNO4S/c1-8-5-9(6-11(12(8)14)21(15,18)19)13(17)16-10-3-2-4-20-7-10/h5-6,10H,2-4,7H2,1H3,(H,16,17). The molecule has 1 atom stereocenters. The number of benzene rings is 1. The zero-order chi connectivity index (χ0) is 15.6. The average Bonchev–Trinajstić information content (AvgIpc) is 2.41. The van der Waals surface area contributed by atoms with Crippen LogP contribution >= 0.6 is 26.6 Å². The molecule has 116 valence electrons. The van der Waals surface area contributed by atoms with E-state index < -0.39 is 9.05 Å². The Labute approximate surface area is 136 Å². The number of carbonyl (C=O) groups is 1. The summed E-state index contributed by atoms with van der Waals surface area (Å²) in [4.78, 5) is 12.1. The summed E-state index contributed by atoms with van der Waals surface area (Å²) in [7, 11) is 1.47. The van der Waals surface area contributed by atoms with Crippen LogP contribution in [0.3, 0.4) is 0 Å². The van der Waals surface area contributed by atoms with Crippen LogP contribution in [0.1, 0.15) is 28.8 Å². The van der Waals surface area contributed by atoms with Crippen LogP contribution in [0, 0.1) is 6.92 Å². The summed E-state index contributed by atoms with van der Waals surface area (Å²) in [5.41, 5.74) is 0.891. The van der Waals surface area contributed by atoms with Crippen LogP contribution in [-0.4, -0.2) is 33.6 Å². The first kappa shape index (κ1) is 16.7. The van der Waals surface area contributed by atoms with Crippen molar-refractivity contribution >= 4 is 41.6 Å². The molecular weight excluding hydrogens is 382 g/mol. The van der Waals surface area contributed by atoms with Crippen LogP contribution in [0.5, 0.6) is 0 Å². The van der Waals surface area contributed by atoms with Gasteiger partial charge in [0.05, 0.1) is 17.5 Å². The summed E-state index contributed by atoms with van der Waals surface area (Å²) < 4.78 is 28.8. The van der Waals surface area contributed by atoms with Gasteiger partial charge in [0.25, 0.3) is 15.0 Å². The Bertz CT molecular complexity index is 656. The Morgan fingerprint density at radius 2 is 2.19 bits per heavy atom.